The Kier molecular flexibility index (Phi) is 4.70. The number of rotatable bonds is 6. The second-order valence-corrected chi connectivity index (χ2v) is 4.58. The smallest absolute Gasteiger partial charge is 0.273 e. The van der Waals surface area contributed by atoms with Crippen molar-refractivity contribution in [2.45, 2.75) is 26.2 Å². The third kappa shape index (κ3) is 3.34. The summed E-state index contributed by atoms with van der Waals surface area (Å²) in [5.74, 6) is -0.241. The summed E-state index contributed by atoms with van der Waals surface area (Å²) < 4.78 is 0. The maximum atomic E-state index is 12.0. The minimum atomic E-state index is -0.241. The van der Waals surface area contributed by atoms with E-state index in [9.17, 15) is 4.79 Å². The van der Waals surface area contributed by atoms with Crippen molar-refractivity contribution in [2.75, 3.05) is 12.3 Å². The Hall–Kier alpha value is -2.37. The van der Waals surface area contributed by atoms with Crippen molar-refractivity contribution in [1.82, 2.24) is 20.5 Å². The second-order valence-electron chi connectivity index (χ2n) is 4.58. The average Bonchev–Trinajstić information content (AvgIpc) is 2.82. The number of carbonyl (C=O) groups is 1. The SMILES string of the molecule is CCCc1[nH]nc(C(=O)NCCc2ccncc2)c1N. The first-order valence-corrected chi connectivity index (χ1v) is 6.72. The zero-order valence-corrected chi connectivity index (χ0v) is 11.5. The molecule has 0 aliphatic heterocycles. The van der Waals surface area contributed by atoms with Gasteiger partial charge in [0.25, 0.3) is 5.91 Å². The largest absolute Gasteiger partial charge is 0.395 e. The number of aromatic nitrogens is 3. The minimum absolute atomic E-state index is 0.241. The van der Waals surface area contributed by atoms with Crippen LogP contribution in [0, 0.1) is 0 Å². The maximum absolute atomic E-state index is 12.0. The van der Waals surface area contributed by atoms with Crippen LogP contribution >= 0.6 is 0 Å². The van der Waals surface area contributed by atoms with Crippen molar-refractivity contribution in [3.05, 3.63) is 41.5 Å². The van der Waals surface area contributed by atoms with E-state index in [1.54, 1.807) is 12.4 Å². The van der Waals surface area contributed by atoms with Gasteiger partial charge in [0.2, 0.25) is 0 Å². The molecule has 0 saturated carbocycles. The Labute approximate surface area is 117 Å². The van der Waals surface area contributed by atoms with Gasteiger partial charge in [-0.25, -0.2) is 0 Å². The van der Waals surface area contributed by atoms with Crippen molar-refractivity contribution >= 4 is 11.6 Å². The van der Waals surface area contributed by atoms with Crippen molar-refractivity contribution in [2.24, 2.45) is 0 Å². The van der Waals surface area contributed by atoms with E-state index in [0.717, 1.165) is 30.5 Å². The predicted molar refractivity (Wildman–Crippen MR) is 77.3 cm³/mol. The standard InChI is InChI=1S/C14H19N5O/c1-2-3-11-12(15)13(19-18-11)14(20)17-9-6-10-4-7-16-8-5-10/h4-5,7-8H,2-3,6,9,15H2,1H3,(H,17,20)(H,18,19). The van der Waals surface area contributed by atoms with Crippen LogP contribution in [0.25, 0.3) is 0 Å². The van der Waals surface area contributed by atoms with Crippen molar-refractivity contribution in [1.29, 1.82) is 0 Å². The molecule has 2 heterocycles. The fraction of sp³-hybridized carbons (Fsp3) is 0.357. The lowest BCUT2D eigenvalue weighted by atomic mass is 10.2. The van der Waals surface area contributed by atoms with Crippen LogP contribution in [-0.2, 0) is 12.8 Å². The fourth-order valence-electron chi connectivity index (χ4n) is 1.95. The summed E-state index contributed by atoms with van der Waals surface area (Å²) in [6, 6.07) is 3.85. The van der Waals surface area contributed by atoms with E-state index < -0.39 is 0 Å². The first-order valence-electron chi connectivity index (χ1n) is 6.72. The van der Waals surface area contributed by atoms with E-state index in [1.165, 1.54) is 0 Å². The summed E-state index contributed by atoms with van der Waals surface area (Å²) in [4.78, 5) is 15.9. The highest BCUT2D eigenvalue weighted by Gasteiger charge is 2.16. The number of nitrogens with one attached hydrogen (secondary N) is 2. The summed E-state index contributed by atoms with van der Waals surface area (Å²) in [5.41, 5.74) is 8.60. The maximum Gasteiger partial charge on any atom is 0.273 e. The minimum Gasteiger partial charge on any atom is -0.395 e. The molecule has 0 saturated heterocycles. The van der Waals surface area contributed by atoms with Crippen LogP contribution in [0.1, 0.15) is 35.1 Å². The molecule has 106 valence electrons. The Morgan fingerprint density at radius 2 is 2.10 bits per heavy atom. The molecule has 2 aromatic rings. The van der Waals surface area contributed by atoms with E-state index in [0.29, 0.717) is 12.2 Å². The lowest BCUT2D eigenvalue weighted by Gasteiger charge is -2.04. The summed E-state index contributed by atoms with van der Waals surface area (Å²) in [6.07, 6.45) is 5.97. The highest BCUT2D eigenvalue weighted by molar-refractivity contribution is 5.97. The predicted octanol–water partition coefficient (Wildman–Crippen LogP) is 1.31. The number of hydrogen-bond donors (Lipinski definition) is 3. The van der Waals surface area contributed by atoms with Crippen LogP contribution in [0.2, 0.25) is 0 Å². The molecule has 4 N–H and O–H groups in total. The molecule has 0 aliphatic rings. The van der Waals surface area contributed by atoms with Gasteiger partial charge in [-0.1, -0.05) is 13.3 Å². The number of carbonyl (C=O) groups excluding carboxylic acids is 1. The van der Waals surface area contributed by atoms with Gasteiger partial charge >= 0.3 is 0 Å². The molecular formula is C14H19N5O. The molecule has 0 spiro atoms. The summed E-state index contributed by atoms with van der Waals surface area (Å²) in [6.45, 7) is 2.59. The second kappa shape index (κ2) is 6.70. The van der Waals surface area contributed by atoms with Gasteiger partial charge in [-0.05, 0) is 30.5 Å². The Balaban J connectivity index is 1.89. The van der Waals surface area contributed by atoms with Crippen LogP contribution in [0.15, 0.2) is 24.5 Å². The molecule has 0 fully saturated rings. The molecule has 0 radical (unpaired) electrons. The summed E-state index contributed by atoms with van der Waals surface area (Å²) in [5, 5.41) is 9.63. The average molecular weight is 273 g/mol. The summed E-state index contributed by atoms with van der Waals surface area (Å²) >= 11 is 0. The number of aromatic amines is 1. The van der Waals surface area contributed by atoms with E-state index in [1.807, 2.05) is 12.1 Å². The van der Waals surface area contributed by atoms with Crippen LogP contribution < -0.4 is 11.1 Å². The van der Waals surface area contributed by atoms with E-state index in [2.05, 4.69) is 27.4 Å². The molecule has 6 heteroatoms. The lowest BCUT2D eigenvalue weighted by Crippen LogP contribution is -2.26. The molecule has 2 rings (SSSR count). The van der Waals surface area contributed by atoms with Crippen LogP contribution in [-0.4, -0.2) is 27.6 Å². The Morgan fingerprint density at radius 3 is 2.80 bits per heavy atom. The molecule has 20 heavy (non-hydrogen) atoms. The van der Waals surface area contributed by atoms with Crippen LogP contribution in [0.4, 0.5) is 5.69 Å². The van der Waals surface area contributed by atoms with Gasteiger partial charge in [-0.15, -0.1) is 0 Å². The van der Waals surface area contributed by atoms with Gasteiger partial charge in [0, 0.05) is 18.9 Å². The van der Waals surface area contributed by atoms with Crippen LogP contribution in [0.3, 0.4) is 0 Å². The number of pyridine rings is 1. The van der Waals surface area contributed by atoms with Crippen molar-refractivity contribution in [3.8, 4) is 0 Å². The van der Waals surface area contributed by atoms with E-state index in [-0.39, 0.29) is 11.6 Å². The van der Waals surface area contributed by atoms with E-state index in [4.69, 9.17) is 5.73 Å². The van der Waals surface area contributed by atoms with Crippen molar-refractivity contribution < 1.29 is 4.79 Å². The number of nitrogen functional groups attached to an aromatic ring is 1. The quantitative estimate of drug-likeness (QED) is 0.739. The zero-order chi connectivity index (χ0) is 14.4. The number of aryl methyl sites for hydroxylation is 1. The number of nitrogens with zero attached hydrogens (tertiary/aromatic N) is 2. The molecule has 0 unspecified atom stereocenters. The Bertz CT molecular complexity index is 564. The lowest BCUT2D eigenvalue weighted by molar-refractivity contribution is 0.0950. The number of hydrogen-bond acceptors (Lipinski definition) is 4. The molecule has 0 bridgehead atoms. The molecule has 0 aromatic carbocycles. The van der Waals surface area contributed by atoms with E-state index >= 15 is 0 Å². The topological polar surface area (TPSA) is 96.7 Å². The number of H-pyrrole nitrogens is 1. The Morgan fingerprint density at radius 1 is 1.35 bits per heavy atom. The van der Waals surface area contributed by atoms with Gasteiger partial charge in [-0.2, -0.15) is 5.10 Å². The third-order valence-corrected chi connectivity index (χ3v) is 3.05. The first kappa shape index (κ1) is 14.0. The number of nitrogens with two attached hydrogens (primary N) is 1. The molecule has 1 amide bonds. The van der Waals surface area contributed by atoms with Gasteiger partial charge in [0.15, 0.2) is 5.69 Å². The van der Waals surface area contributed by atoms with Gasteiger partial charge in [-0.3, -0.25) is 14.9 Å². The molecular weight excluding hydrogens is 254 g/mol. The fourth-order valence-corrected chi connectivity index (χ4v) is 1.95. The molecule has 2 aromatic heterocycles. The van der Waals surface area contributed by atoms with Gasteiger partial charge < -0.3 is 11.1 Å². The van der Waals surface area contributed by atoms with Gasteiger partial charge in [0.05, 0.1) is 11.4 Å². The molecule has 0 aliphatic carbocycles. The first-order chi connectivity index (χ1) is 9.72. The zero-order valence-electron chi connectivity index (χ0n) is 11.5. The monoisotopic (exact) mass is 273 g/mol. The van der Waals surface area contributed by atoms with Gasteiger partial charge in [0.1, 0.15) is 0 Å². The highest BCUT2D eigenvalue weighted by atomic mass is 16.1. The van der Waals surface area contributed by atoms with Crippen molar-refractivity contribution in [3.63, 3.8) is 0 Å². The third-order valence-electron chi connectivity index (χ3n) is 3.05. The highest BCUT2D eigenvalue weighted by Crippen LogP contribution is 2.15. The molecule has 6 nitrogen and oxygen atoms in total. The molecule has 0 atom stereocenters. The summed E-state index contributed by atoms with van der Waals surface area (Å²) in [7, 11) is 0. The number of amides is 1. The van der Waals surface area contributed by atoms with Crippen LogP contribution in [0.5, 0.6) is 0 Å². The number of anilines is 1. The normalized spacial score (nSPS) is 10.4.